The molecule has 112 valence electrons. The third-order valence-corrected chi connectivity index (χ3v) is 4.21. The van der Waals surface area contributed by atoms with Gasteiger partial charge >= 0.3 is 5.97 Å². The van der Waals surface area contributed by atoms with E-state index >= 15 is 0 Å². The van der Waals surface area contributed by atoms with Gasteiger partial charge in [-0.25, -0.2) is 9.78 Å². The lowest BCUT2D eigenvalue weighted by atomic mass is 9.99. The third-order valence-electron chi connectivity index (χ3n) is 4.21. The highest BCUT2D eigenvalue weighted by Crippen LogP contribution is 2.43. The molecule has 1 aliphatic carbocycles. The van der Waals surface area contributed by atoms with Crippen molar-refractivity contribution in [3.8, 4) is 0 Å². The summed E-state index contributed by atoms with van der Waals surface area (Å²) in [5.74, 6) is 0.418. The second kappa shape index (κ2) is 4.84. The number of hydrogen-bond acceptors (Lipinski definition) is 3. The van der Waals surface area contributed by atoms with Crippen molar-refractivity contribution in [3.63, 3.8) is 0 Å². The quantitative estimate of drug-likeness (QED) is 0.887. The largest absolute Gasteiger partial charge is 0.478 e. The highest BCUT2D eigenvalue weighted by Gasteiger charge is 2.35. The summed E-state index contributed by atoms with van der Waals surface area (Å²) in [4.78, 5) is 16.1. The number of aromatic nitrogens is 2. The second-order valence-electron chi connectivity index (χ2n) is 6.34. The fourth-order valence-electron chi connectivity index (χ4n) is 2.93. The molecule has 1 saturated carbocycles. The Morgan fingerprint density at radius 2 is 2.14 bits per heavy atom. The Labute approximate surface area is 123 Å². The zero-order valence-corrected chi connectivity index (χ0v) is 12.3. The molecular weight excluding hydrogens is 268 g/mol. The van der Waals surface area contributed by atoms with Crippen LogP contribution < -0.4 is 0 Å². The van der Waals surface area contributed by atoms with E-state index in [4.69, 9.17) is 0 Å². The number of aromatic carboxylic acids is 1. The van der Waals surface area contributed by atoms with Gasteiger partial charge in [0.25, 0.3) is 0 Å². The van der Waals surface area contributed by atoms with E-state index < -0.39 is 5.97 Å². The van der Waals surface area contributed by atoms with E-state index in [2.05, 4.69) is 23.4 Å². The second-order valence-corrected chi connectivity index (χ2v) is 6.34. The summed E-state index contributed by atoms with van der Waals surface area (Å²) in [5.41, 5.74) is 1.35. The SMILES string of the molecule is CC(C)(CCO)n1c(C2CC2)nc2c(C(=O)O)cccc21. The highest BCUT2D eigenvalue weighted by atomic mass is 16.4. The zero-order chi connectivity index (χ0) is 15.2. The molecule has 2 N–H and O–H groups in total. The van der Waals surface area contributed by atoms with Crippen molar-refractivity contribution in [1.82, 2.24) is 9.55 Å². The summed E-state index contributed by atoms with van der Waals surface area (Å²) >= 11 is 0. The number of aliphatic hydroxyl groups excluding tert-OH is 1. The maximum atomic E-state index is 11.4. The number of fused-ring (bicyclic) bond motifs is 1. The Morgan fingerprint density at radius 3 is 2.71 bits per heavy atom. The van der Waals surface area contributed by atoms with E-state index in [-0.39, 0.29) is 17.7 Å². The van der Waals surface area contributed by atoms with Crippen LogP contribution in [0.5, 0.6) is 0 Å². The summed E-state index contributed by atoms with van der Waals surface area (Å²) in [5, 5.41) is 18.7. The van der Waals surface area contributed by atoms with Crippen LogP contribution in [0.1, 0.15) is 55.2 Å². The van der Waals surface area contributed by atoms with Crippen LogP contribution in [0.25, 0.3) is 11.0 Å². The zero-order valence-electron chi connectivity index (χ0n) is 12.3. The lowest BCUT2D eigenvalue weighted by Gasteiger charge is -2.29. The first-order valence-electron chi connectivity index (χ1n) is 7.31. The van der Waals surface area contributed by atoms with Crippen molar-refractivity contribution in [3.05, 3.63) is 29.6 Å². The average Bonchev–Trinajstić information content (AvgIpc) is 3.17. The maximum absolute atomic E-state index is 11.4. The normalized spacial score (nSPS) is 15.6. The number of carboxylic acid groups (broad SMARTS) is 1. The Balaban J connectivity index is 2.28. The van der Waals surface area contributed by atoms with Gasteiger partial charge < -0.3 is 14.8 Å². The first-order chi connectivity index (χ1) is 9.95. The molecule has 0 saturated heterocycles. The Bertz CT molecular complexity index is 699. The van der Waals surface area contributed by atoms with E-state index in [1.165, 1.54) is 0 Å². The predicted octanol–water partition coefficient (Wildman–Crippen LogP) is 2.73. The first-order valence-corrected chi connectivity index (χ1v) is 7.31. The van der Waals surface area contributed by atoms with Gasteiger partial charge in [0.1, 0.15) is 11.3 Å². The molecular formula is C16H20N2O3. The molecule has 0 spiro atoms. The molecule has 1 fully saturated rings. The molecule has 0 amide bonds. The van der Waals surface area contributed by atoms with Gasteiger partial charge in [0, 0.05) is 18.1 Å². The van der Waals surface area contributed by atoms with Crippen LogP contribution in [0, 0.1) is 0 Å². The number of hydrogen-bond donors (Lipinski definition) is 2. The summed E-state index contributed by atoms with van der Waals surface area (Å²) < 4.78 is 2.13. The number of carboxylic acids is 1. The lowest BCUT2D eigenvalue weighted by Crippen LogP contribution is -2.29. The lowest BCUT2D eigenvalue weighted by molar-refractivity contribution is 0.0699. The molecule has 5 heteroatoms. The summed E-state index contributed by atoms with van der Waals surface area (Å²) in [6, 6.07) is 5.27. The van der Waals surface area contributed by atoms with Gasteiger partial charge in [0.05, 0.1) is 11.1 Å². The fraction of sp³-hybridized carbons (Fsp3) is 0.500. The Kier molecular flexibility index (Phi) is 3.24. The van der Waals surface area contributed by atoms with Gasteiger partial charge in [-0.3, -0.25) is 0 Å². The Morgan fingerprint density at radius 1 is 1.43 bits per heavy atom. The molecule has 0 bridgehead atoms. The minimum absolute atomic E-state index is 0.0927. The number of imidazole rings is 1. The van der Waals surface area contributed by atoms with Gasteiger partial charge in [-0.05, 0) is 45.2 Å². The van der Waals surface area contributed by atoms with Crippen LogP contribution in [0.15, 0.2) is 18.2 Å². The topological polar surface area (TPSA) is 75.3 Å². The molecule has 1 aromatic carbocycles. The number of nitrogens with zero attached hydrogens (tertiary/aromatic N) is 2. The van der Waals surface area contributed by atoms with Crippen LogP contribution in [-0.2, 0) is 5.54 Å². The molecule has 1 aromatic heterocycles. The van der Waals surface area contributed by atoms with Gasteiger partial charge in [0.2, 0.25) is 0 Å². The van der Waals surface area contributed by atoms with Crippen LogP contribution >= 0.6 is 0 Å². The smallest absolute Gasteiger partial charge is 0.337 e. The van der Waals surface area contributed by atoms with Gasteiger partial charge in [-0.15, -0.1) is 0 Å². The van der Waals surface area contributed by atoms with E-state index in [0.29, 0.717) is 17.9 Å². The van der Waals surface area contributed by atoms with Crippen molar-refractivity contribution in [1.29, 1.82) is 0 Å². The van der Waals surface area contributed by atoms with Crippen LogP contribution in [0.4, 0.5) is 0 Å². The number of rotatable bonds is 5. The number of aliphatic hydroxyl groups is 1. The average molecular weight is 288 g/mol. The van der Waals surface area contributed by atoms with E-state index in [0.717, 1.165) is 24.2 Å². The molecule has 0 atom stereocenters. The number of para-hydroxylation sites is 1. The van der Waals surface area contributed by atoms with Crippen molar-refractivity contribution in [2.45, 2.75) is 44.6 Å². The van der Waals surface area contributed by atoms with Gasteiger partial charge in [-0.1, -0.05) is 6.07 Å². The third kappa shape index (κ3) is 2.31. The van der Waals surface area contributed by atoms with E-state index in [1.807, 2.05) is 6.07 Å². The van der Waals surface area contributed by atoms with Crippen molar-refractivity contribution in [2.24, 2.45) is 0 Å². The number of carbonyl (C=O) groups is 1. The van der Waals surface area contributed by atoms with Crippen molar-refractivity contribution in [2.75, 3.05) is 6.61 Å². The standard InChI is InChI=1S/C16H20N2O3/c1-16(2,8-9-19)18-12-5-3-4-11(15(20)21)13(12)17-14(18)10-6-7-10/h3-5,10,19H,6-9H2,1-2H3,(H,20,21). The molecule has 1 heterocycles. The van der Waals surface area contributed by atoms with E-state index in [1.54, 1.807) is 12.1 Å². The molecule has 1 aliphatic rings. The van der Waals surface area contributed by atoms with E-state index in [9.17, 15) is 15.0 Å². The van der Waals surface area contributed by atoms with Gasteiger partial charge in [0.15, 0.2) is 0 Å². The minimum Gasteiger partial charge on any atom is -0.478 e. The van der Waals surface area contributed by atoms with Crippen LogP contribution in [0.3, 0.4) is 0 Å². The molecule has 2 aromatic rings. The molecule has 5 nitrogen and oxygen atoms in total. The Hall–Kier alpha value is -1.88. The molecule has 3 rings (SSSR count). The van der Waals surface area contributed by atoms with Crippen molar-refractivity contribution >= 4 is 17.0 Å². The predicted molar refractivity (Wildman–Crippen MR) is 79.7 cm³/mol. The van der Waals surface area contributed by atoms with Gasteiger partial charge in [-0.2, -0.15) is 0 Å². The molecule has 0 unspecified atom stereocenters. The summed E-state index contributed by atoms with van der Waals surface area (Å²) in [7, 11) is 0. The monoisotopic (exact) mass is 288 g/mol. The maximum Gasteiger partial charge on any atom is 0.337 e. The first kappa shape index (κ1) is 14.1. The highest BCUT2D eigenvalue weighted by molar-refractivity contribution is 6.01. The number of benzene rings is 1. The molecule has 0 radical (unpaired) electrons. The summed E-state index contributed by atoms with van der Waals surface area (Å²) in [6.07, 6.45) is 2.80. The van der Waals surface area contributed by atoms with Crippen LogP contribution in [-0.4, -0.2) is 32.3 Å². The fourth-order valence-corrected chi connectivity index (χ4v) is 2.93. The van der Waals surface area contributed by atoms with Crippen LogP contribution in [0.2, 0.25) is 0 Å². The van der Waals surface area contributed by atoms with Crippen molar-refractivity contribution < 1.29 is 15.0 Å². The summed E-state index contributed by atoms with van der Waals surface area (Å²) in [6.45, 7) is 4.21. The molecule has 0 aliphatic heterocycles. The molecule has 21 heavy (non-hydrogen) atoms. The minimum atomic E-state index is -0.951.